The van der Waals surface area contributed by atoms with Crippen LogP contribution in [0.3, 0.4) is 0 Å². The number of piperidine rings is 1. The van der Waals surface area contributed by atoms with Crippen LogP contribution in [0.15, 0.2) is 0 Å². The fraction of sp³-hybridized carbons (Fsp3) is 1.00. The van der Waals surface area contributed by atoms with Crippen LogP contribution in [0, 0.1) is 0 Å². The van der Waals surface area contributed by atoms with Gasteiger partial charge in [-0.25, -0.2) is 0 Å². The lowest BCUT2D eigenvalue weighted by Crippen LogP contribution is -2.47. The number of alkyl halides is 3. The van der Waals surface area contributed by atoms with E-state index in [0.29, 0.717) is 6.54 Å². The Hall–Kier alpha value is -0.290. The zero-order valence-electron chi connectivity index (χ0n) is 7.69. The van der Waals surface area contributed by atoms with Crippen molar-refractivity contribution in [3.05, 3.63) is 0 Å². The van der Waals surface area contributed by atoms with Crippen molar-refractivity contribution in [3.8, 4) is 0 Å². The van der Waals surface area contributed by atoms with Crippen molar-refractivity contribution in [1.82, 2.24) is 10.2 Å². The van der Waals surface area contributed by atoms with Gasteiger partial charge in [0.05, 0.1) is 6.54 Å². The van der Waals surface area contributed by atoms with Crippen LogP contribution in [0.2, 0.25) is 0 Å². The molecule has 13 heavy (non-hydrogen) atoms. The van der Waals surface area contributed by atoms with Crippen LogP contribution in [0.1, 0.15) is 12.8 Å². The van der Waals surface area contributed by atoms with Gasteiger partial charge in [-0.15, -0.1) is 0 Å². The van der Waals surface area contributed by atoms with Gasteiger partial charge in [0.15, 0.2) is 0 Å². The van der Waals surface area contributed by atoms with Gasteiger partial charge in [0, 0.05) is 12.6 Å². The Bertz CT molecular complexity index is 152. The highest BCUT2D eigenvalue weighted by Crippen LogP contribution is 2.18. The molecule has 0 spiro atoms. The van der Waals surface area contributed by atoms with E-state index >= 15 is 0 Å². The molecule has 0 aromatic rings. The van der Waals surface area contributed by atoms with Gasteiger partial charge in [0.2, 0.25) is 0 Å². The Morgan fingerprint density at radius 3 is 2.62 bits per heavy atom. The van der Waals surface area contributed by atoms with E-state index in [1.807, 2.05) is 0 Å². The second-order valence-corrected chi connectivity index (χ2v) is 3.53. The van der Waals surface area contributed by atoms with Crippen LogP contribution in [0.4, 0.5) is 13.2 Å². The van der Waals surface area contributed by atoms with Gasteiger partial charge in [-0.2, -0.15) is 13.2 Å². The van der Waals surface area contributed by atoms with E-state index in [0.717, 1.165) is 19.4 Å². The first-order valence-corrected chi connectivity index (χ1v) is 4.47. The van der Waals surface area contributed by atoms with Crippen LogP contribution < -0.4 is 5.32 Å². The lowest BCUT2D eigenvalue weighted by atomic mass is 10.1. The molecule has 0 aromatic heterocycles. The van der Waals surface area contributed by atoms with Crippen molar-refractivity contribution >= 4 is 0 Å². The van der Waals surface area contributed by atoms with Crippen LogP contribution in [0.5, 0.6) is 0 Å². The van der Waals surface area contributed by atoms with Crippen molar-refractivity contribution in [2.45, 2.75) is 25.1 Å². The van der Waals surface area contributed by atoms with Crippen LogP contribution in [-0.2, 0) is 0 Å². The molecule has 1 rings (SSSR count). The molecular formula is C8H15F3N2. The summed E-state index contributed by atoms with van der Waals surface area (Å²) < 4.78 is 36.0. The summed E-state index contributed by atoms with van der Waals surface area (Å²) in [6.07, 6.45) is -2.25. The van der Waals surface area contributed by atoms with E-state index in [-0.39, 0.29) is 6.04 Å². The average molecular weight is 196 g/mol. The third-order valence-electron chi connectivity index (χ3n) is 2.32. The Balaban J connectivity index is 2.33. The molecule has 5 heteroatoms. The Labute approximate surface area is 76.1 Å². The molecule has 1 aliphatic rings. The zero-order chi connectivity index (χ0) is 9.90. The summed E-state index contributed by atoms with van der Waals surface area (Å²) in [6, 6.07) is 0.0374. The normalized spacial score (nSPS) is 25.2. The van der Waals surface area contributed by atoms with Gasteiger partial charge in [-0.1, -0.05) is 0 Å². The predicted octanol–water partition coefficient (Wildman–Crippen LogP) is 1.23. The topological polar surface area (TPSA) is 15.3 Å². The third kappa shape index (κ3) is 3.95. The number of nitrogens with one attached hydrogen (secondary N) is 1. The summed E-state index contributed by atoms with van der Waals surface area (Å²) in [5, 5.41) is 3.09. The third-order valence-corrected chi connectivity index (χ3v) is 2.32. The molecule has 0 aliphatic carbocycles. The van der Waals surface area contributed by atoms with Crippen molar-refractivity contribution in [2.24, 2.45) is 0 Å². The molecule has 2 nitrogen and oxygen atoms in total. The second kappa shape index (κ2) is 4.28. The van der Waals surface area contributed by atoms with Gasteiger partial charge in [-0.3, -0.25) is 4.90 Å². The summed E-state index contributed by atoms with van der Waals surface area (Å²) >= 11 is 0. The van der Waals surface area contributed by atoms with E-state index in [2.05, 4.69) is 5.32 Å². The maximum atomic E-state index is 12.0. The second-order valence-electron chi connectivity index (χ2n) is 3.53. The standard InChI is InChI=1S/C8H15F3N2/c1-13(6-8(9,10)11)7-3-2-4-12-5-7/h7,12H,2-6H2,1H3/t7-/m0/s1. The lowest BCUT2D eigenvalue weighted by molar-refractivity contribution is -0.148. The molecule has 0 saturated carbocycles. The van der Waals surface area contributed by atoms with E-state index in [1.165, 1.54) is 11.9 Å². The molecule has 0 amide bonds. The highest BCUT2D eigenvalue weighted by molar-refractivity contribution is 4.77. The van der Waals surface area contributed by atoms with Gasteiger partial charge in [0.25, 0.3) is 0 Å². The molecule has 1 N–H and O–H groups in total. The lowest BCUT2D eigenvalue weighted by Gasteiger charge is -2.31. The monoisotopic (exact) mass is 196 g/mol. The maximum absolute atomic E-state index is 12.0. The molecule has 1 atom stereocenters. The number of likely N-dealkylation sites (N-methyl/N-ethyl adjacent to an activating group) is 1. The summed E-state index contributed by atoms with van der Waals surface area (Å²) in [5.41, 5.74) is 0. The van der Waals surface area contributed by atoms with Crippen molar-refractivity contribution < 1.29 is 13.2 Å². The minimum absolute atomic E-state index is 0.0374. The van der Waals surface area contributed by atoms with Crippen molar-refractivity contribution in [3.63, 3.8) is 0 Å². The van der Waals surface area contributed by atoms with Gasteiger partial charge < -0.3 is 5.32 Å². The SMILES string of the molecule is CN(CC(F)(F)F)[C@H]1CCCNC1. The number of hydrogen-bond donors (Lipinski definition) is 1. The quantitative estimate of drug-likeness (QED) is 0.714. The molecule has 78 valence electrons. The predicted molar refractivity (Wildman–Crippen MR) is 44.6 cm³/mol. The molecule has 0 unspecified atom stereocenters. The summed E-state index contributed by atoms with van der Waals surface area (Å²) in [7, 11) is 1.53. The molecule has 1 saturated heterocycles. The number of rotatable bonds is 2. The summed E-state index contributed by atoms with van der Waals surface area (Å²) in [6.45, 7) is 0.794. The molecule has 0 bridgehead atoms. The van der Waals surface area contributed by atoms with E-state index in [1.54, 1.807) is 0 Å². The molecular weight excluding hydrogens is 181 g/mol. The van der Waals surface area contributed by atoms with E-state index in [4.69, 9.17) is 0 Å². The largest absolute Gasteiger partial charge is 0.401 e. The Morgan fingerprint density at radius 1 is 1.46 bits per heavy atom. The van der Waals surface area contributed by atoms with Crippen LogP contribution in [-0.4, -0.2) is 43.8 Å². The zero-order valence-corrected chi connectivity index (χ0v) is 7.69. The Kier molecular flexibility index (Phi) is 3.55. The van der Waals surface area contributed by atoms with Gasteiger partial charge >= 0.3 is 6.18 Å². The Morgan fingerprint density at radius 2 is 2.15 bits per heavy atom. The summed E-state index contributed by atoms with van der Waals surface area (Å²) in [5.74, 6) is 0. The maximum Gasteiger partial charge on any atom is 0.401 e. The molecule has 0 aromatic carbocycles. The highest BCUT2D eigenvalue weighted by Gasteiger charge is 2.32. The summed E-state index contributed by atoms with van der Waals surface area (Å²) in [4.78, 5) is 1.38. The average Bonchev–Trinajstić information content (AvgIpc) is 2.03. The first kappa shape index (κ1) is 10.8. The smallest absolute Gasteiger partial charge is 0.315 e. The van der Waals surface area contributed by atoms with Crippen LogP contribution >= 0.6 is 0 Å². The fourth-order valence-corrected chi connectivity index (χ4v) is 1.62. The fourth-order valence-electron chi connectivity index (χ4n) is 1.62. The first-order chi connectivity index (χ1) is 5.99. The van der Waals surface area contributed by atoms with Crippen LogP contribution in [0.25, 0.3) is 0 Å². The van der Waals surface area contributed by atoms with E-state index < -0.39 is 12.7 Å². The number of hydrogen-bond acceptors (Lipinski definition) is 2. The van der Waals surface area contributed by atoms with Crippen molar-refractivity contribution in [2.75, 3.05) is 26.7 Å². The molecule has 1 heterocycles. The minimum Gasteiger partial charge on any atom is -0.315 e. The number of nitrogens with zero attached hydrogens (tertiary/aromatic N) is 1. The van der Waals surface area contributed by atoms with Gasteiger partial charge in [-0.05, 0) is 26.4 Å². The van der Waals surface area contributed by atoms with Gasteiger partial charge in [0.1, 0.15) is 0 Å². The molecule has 0 radical (unpaired) electrons. The first-order valence-electron chi connectivity index (χ1n) is 4.47. The van der Waals surface area contributed by atoms with E-state index in [9.17, 15) is 13.2 Å². The molecule has 1 aliphatic heterocycles. The minimum atomic E-state index is -4.08. The highest BCUT2D eigenvalue weighted by atomic mass is 19.4. The van der Waals surface area contributed by atoms with Crippen molar-refractivity contribution in [1.29, 1.82) is 0 Å². The number of halogens is 3. The molecule has 1 fully saturated rings.